The van der Waals surface area contributed by atoms with Crippen molar-refractivity contribution in [3.05, 3.63) is 64.3 Å². The number of aromatic amines is 1. The summed E-state index contributed by atoms with van der Waals surface area (Å²) in [6, 6.07) is 11.9. The van der Waals surface area contributed by atoms with Crippen LogP contribution in [0.4, 0.5) is 4.39 Å². The Morgan fingerprint density at radius 3 is 2.83 bits per heavy atom. The third-order valence-corrected chi connectivity index (χ3v) is 3.67. The second-order valence-corrected chi connectivity index (χ2v) is 5.21. The maximum absolute atomic E-state index is 13.8. The first-order valence-corrected chi connectivity index (χ1v) is 7.43. The molecule has 0 atom stereocenters. The van der Waals surface area contributed by atoms with E-state index in [1.807, 2.05) is 19.2 Å². The van der Waals surface area contributed by atoms with Gasteiger partial charge >= 0.3 is 5.69 Å². The number of benzene rings is 2. The average Bonchev–Trinajstić information content (AvgIpc) is 2.87. The van der Waals surface area contributed by atoms with Crippen molar-refractivity contribution in [2.24, 2.45) is 0 Å². The summed E-state index contributed by atoms with van der Waals surface area (Å²) >= 11 is 0. The molecule has 0 saturated carbocycles. The summed E-state index contributed by atoms with van der Waals surface area (Å²) in [5.74, 6) is 0.289. The molecule has 1 aromatic heterocycles. The summed E-state index contributed by atoms with van der Waals surface area (Å²) in [6.45, 7) is 1.37. The topological polar surface area (TPSA) is 59.0 Å². The van der Waals surface area contributed by atoms with Crippen molar-refractivity contribution in [3.8, 4) is 5.75 Å². The SMILES string of the molecule is CNCCOc1cccc2c1[nH]c(=O)n2Cc1ccccc1F. The summed E-state index contributed by atoms with van der Waals surface area (Å²) in [7, 11) is 1.84. The molecule has 2 aromatic carbocycles. The van der Waals surface area contributed by atoms with Crippen LogP contribution < -0.4 is 15.7 Å². The second-order valence-electron chi connectivity index (χ2n) is 5.21. The van der Waals surface area contributed by atoms with Crippen molar-refractivity contribution in [3.63, 3.8) is 0 Å². The summed E-state index contributed by atoms with van der Waals surface area (Å²) in [5.41, 5.74) is 1.51. The van der Waals surface area contributed by atoms with Crippen molar-refractivity contribution in [1.82, 2.24) is 14.9 Å². The Bertz CT molecular complexity index is 870. The highest BCUT2D eigenvalue weighted by molar-refractivity contribution is 5.81. The van der Waals surface area contributed by atoms with Crippen LogP contribution in [0.25, 0.3) is 11.0 Å². The van der Waals surface area contributed by atoms with Crippen LogP contribution in [0, 0.1) is 5.82 Å². The minimum absolute atomic E-state index is 0.172. The van der Waals surface area contributed by atoms with Crippen LogP contribution in [0.1, 0.15) is 5.56 Å². The van der Waals surface area contributed by atoms with E-state index in [1.165, 1.54) is 10.6 Å². The number of para-hydroxylation sites is 1. The van der Waals surface area contributed by atoms with E-state index in [0.29, 0.717) is 35.5 Å². The highest BCUT2D eigenvalue weighted by Crippen LogP contribution is 2.23. The molecule has 120 valence electrons. The second kappa shape index (κ2) is 6.66. The highest BCUT2D eigenvalue weighted by Gasteiger charge is 2.12. The molecule has 3 rings (SSSR count). The van der Waals surface area contributed by atoms with E-state index in [-0.39, 0.29) is 18.1 Å². The molecule has 0 bridgehead atoms. The normalized spacial score (nSPS) is 11.0. The Labute approximate surface area is 132 Å². The molecule has 23 heavy (non-hydrogen) atoms. The van der Waals surface area contributed by atoms with Gasteiger partial charge in [-0.2, -0.15) is 0 Å². The molecule has 0 aliphatic carbocycles. The minimum Gasteiger partial charge on any atom is -0.490 e. The van der Waals surface area contributed by atoms with Crippen molar-refractivity contribution < 1.29 is 9.13 Å². The van der Waals surface area contributed by atoms with Gasteiger partial charge in [-0.1, -0.05) is 24.3 Å². The lowest BCUT2D eigenvalue weighted by Gasteiger charge is -2.08. The van der Waals surface area contributed by atoms with Crippen LogP contribution in [0.5, 0.6) is 5.75 Å². The van der Waals surface area contributed by atoms with E-state index in [4.69, 9.17) is 4.74 Å². The van der Waals surface area contributed by atoms with E-state index in [0.717, 1.165) is 0 Å². The molecule has 0 fully saturated rings. The van der Waals surface area contributed by atoms with E-state index in [9.17, 15) is 9.18 Å². The molecule has 0 radical (unpaired) electrons. The Morgan fingerprint density at radius 2 is 2.04 bits per heavy atom. The zero-order valence-electron chi connectivity index (χ0n) is 12.8. The van der Waals surface area contributed by atoms with Gasteiger partial charge in [0.1, 0.15) is 23.7 Å². The van der Waals surface area contributed by atoms with E-state index in [2.05, 4.69) is 10.3 Å². The summed E-state index contributed by atoms with van der Waals surface area (Å²) < 4.78 is 21.0. The molecule has 0 amide bonds. The number of imidazole rings is 1. The molecule has 0 saturated heterocycles. The van der Waals surface area contributed by atoms with Crippen LogP contribution in [-0.4, -0.2) is 29.8 Å². The van der Waals surface area contributed by atoms with Gasteiger partial charge in [-0.15, -0.1) is 0 Å². The number of H-pyrrole nitrogens is 1. The molecule has 2 N–H and O–H groups in total. The van der Waals surface area contributed by atoms with Crippen LogP contribution in [0.3, 0.4) is 0 Å². The molecule has 0 unspecified atom stereocenters. The number of ether oxygens (including phenoxy) is 1. The van der Waals surface area contributed by atoms with Crippen molar-refractivity contribution in [2.45, 2.75) is 6.54 Å². The third-order valence-electron chi connectivity index (χ3n) is 3.67. The third kappa shape index (κ3) is 3.12. The molecule has 0 spiro atoms. The van der Waals surface area contributed by atoms with Crippen molar-refractivity contribution in [1.29, 1.82) is 0 Å². The predicted molar refractivity (Wildman–Crippen MR) is 87.5 cm³/mol. The van der Waals surface area contributed by atoms with Crippen molar-refractivity contribution in [2.75, 3.05) is 20.2 Å². The van der Waals surface area contributed by atoms with Gasteiger partial charge in [0.05, 0.1) is 12.1 Å². The van der Waals surface area contributed by atoms with Crippen LogP contribution in [-0.2, 0) is 6.54 Å². The Morgan fingerprint density at radius 1 is 1.22 bits per heavy atom. The quantitative estimate of drug-likeness (QED) is 0.685. The monoisotopic (exact) mass is 315 g/mol. The van der Waals surface area contributed by atoms with Gasteiger partial charge in [0, 0.05) is 12.1 Å². The number of nitrogens with zero attached hydrogens (tertiary/aromatic N) is 1. The van der Waals surface area contributed by atoms with E-state index in [1.54, 1.807) is 24.3 Å². The van der Waals surface area contributed by atoms with Gasteiger partial charge in [0.15, 0.2) is 0 Å². The molecule has 0 aliphatic rings. The van der Waals surface area contributed by atoms with Gasteiger partial charge in [-0.3, -0.25) is 4.57 Å². The number of aromatic nitrogens is 2. The number of hydrogen-bond acceptors (Lipinski definition) is 3. The first-order valence-electron chi connectivity index (χ1n) is 7.43. The van der Waals surface area contributed by atoms with Crippen LogP contribution in [0.2, 0.25) is 0 Å². The van der Waals surface area contributed by atoms with Crippen LogP contribution >= 0.6 is 0 Å². The van der Waals surface area contributed by atoms with Gasteiger partial charge < -0.3 is 15.0 Å². The van der Waals surface area contributed by atoms with E-state index >= 15 is 0 Å². The fraction of sp³-hybridized carbons (Fsp3) is 0.235. The first kappa shape index (κ1) is 15.3. The maximum atomic E-state index is 13.8. The van der Waals surface area contributed by atoms with Gasteiger partial charge in [-0.25, -0.2) is 9.18 Å². The Kier molecular flexibility index (Phi) is 4.43. The minimum atomic E-state index is -0.324. The van der Waals surface area contributed by atoms with E-state index < -0.39 is 0 Å². The smallest absolute Gasteiger partial charge is 0.326 e. The molecule has 3 aromatic rings. The lowest BCUT2D eigenvalue weighted by molar-refractivity contribution is 0.321. The Hall–Kier alpha value is -2.60. The molecular weight excluding hydrogens is 297 g/mol. The predicted octanol–water partition coefficient (Wildman–Crippen LogP) is 2.12. The Balaban J connectivity index is 1.98. The highest BCUT2D eigenvalue weighted by atomic mass is 19.1. The zero-order valence-corrected chi connectivity index (χ0v) is 12.8. The van der Waals surface area contributed by atoms with Crippen molar-refractivity contribution >= 4 is 11.0 Å². The summed E-state index contributed by atoms with van der Waals surface area (Å²) in [5, 5.41) is 3.00. The number of likely N-dealkylation sites (N-methyl/N-ethyl adjacent to an activating group) is 1. The largest absolute Gasteiger partial charge is 0.490 e. The number of fused-ring (bicyclic) bond motifs is 1. The molecule has 6 heteroatoms. The lowest BCUT2D eigenvalue weighted by atomic mass is 10.2. The standard InChI is InChI=1S/C17H18FN3O2/c1-19-9-10-23-15-8-4-7-14-16(15)20-17(22)21(14)11-12-5-2-3-6-13(12)18/h2-8,19H,9-11H2,1H3,(H,20,22). The first-order chi connectivity index (χ1) is 11.2. The number of halogens is 1. The van der Waals surface area contributed by atoms with Crippen LogP contribution in [0.15, 0.2) is 47.3 Å². The molecule has 1 heterocycles. The molecular formula is C17H18FN3O2. The summed E-state index contributed by atoms with van der Waals surface area (Å²) in [4.78, 5) is 15.1. The van der Waals surface area contributed by atoms with Gasteiger partial charge in [0.2, 0.25) is 0 Å². The lowest BCUT2D eigenvalue weighted by Crippen LogP contribution is -2.17. The fourth-order valence-electron chi connectivity index (χ4n) is 2.49. The zero-order chi connectivity index (χ0) is 16.2. The summed E-state index contributed by atoms with van der Waals surface area (Å²) in [6.07, 6.45) is 0. The molecule has 0 aliphatic heterocycles. The van der Waals surface area contributed by atoms with Gasteiger partial charge in [0.25, 0.3) is 0 Å². The average molecular weight is 315 g/mol. The number of hydrogen-bond donors (Lipinski definition) is 2. The maximum Gasteiger partial charge on any atom is 0.326 e. The van der Waals surface area contributed by atoms with Gasteiger partial charge in [-0.05, 0) is 25.2 Å². The number of rotatable bonds is 6. The molecule has 5 nitrogen and oxygen atoms in total. The fourth-order valence-corrected chi connectivity index (χ4v) is 2.49. The number of nitrogens with one attached hydrogen (secondary N) is 2.